The summed E-state index contributed by atoms with van der Waals surface area (Å²) in [4.78, 5) is 29.4. The average Bonchev–Trinajstić information content (AvgIpc) is 2.83. The second-order valence-electron chi connectivity index (χ2n) is 3.38. The molecule has 2 heterocycles. The number of nitrogens with zero attached hydrogens (tertiary/aromatic N) is 3. The minimum absolute atomic E-state index is 0.351. The molecule has 0 aromatic carbocycles. The lowest BCUT2D eigenvalue weighted by molar-refractivity contribution is 0.709. The first-order chi connectivity index (χ1) is 8.04. The monoisotopic (exact) mass is 240 g/mol. The minimum Gasteiger partial charge on any atom is -0.339 e. The SMILES string of the molecule is Cn1c(=O)c2[nH]cnc2n(C)c1=O.NCCN. The van der Waals surface area contributed by atoms with Crippen molar-refractivity contribution in [2.75, 3.05) is 13.1 Å². The van der Waals surface area contributed by atoms with Crippen LogP contribution in [0.5, 0.6) is 0 Å². The van der Waals surface area contributed by atoms with Gasteiger partial charge < -0.3 is 16.5 Å². The molecule has 0 atom stereocenters. The molecule has 0 amide bonds. The van der Waals surface area contributed by atoms with Crippen LogP contribution in [-0.4, -0.2) is 32.2 Å². The van der Waals surface area contributed by atoms with Gasteiger partial charge in [0.25, 0.3) is 5.56 Å². The van der Waals surface area contributed by atoms with Crippen LogP contribution >= 0.6 is 0 Å². The molecule has 0 spiro atoms. The zero-order valence-corrected chi connectivity index (χ0v) is 9.80. The van der Waals surface area contributed by atoms with E-state index in [1.54, 1.807) is 7.05 Å². The Labute approximate surface area is 96.9 Å². The topological polar surface area (TPSA) is 125 Å². The molecular weight excluding hydrogens is 224 g/mol. The third-order valence-corrected chi connectivity index (χ3v) is 2.20. The Morgan fingerprint density at radius 3 is 2.35 bits per heavy atom. The summed E-state index contributed by atoms with van der Waals surface area (Å²) in [5.74, 6) is 0. The zero-order chi connectivity index (χ0) is 13.0. The summed E-state index contributed by atoms with van der Waals surface area (Å²) in [6.45, 7) is 1.19. The highest BCUT2D eigenvalue weighted by Crippen LogP contribution is 1.97. The maximum atomic E-state index is 11.4. The summed E-state index contributed by atoms with van der Waals surface area (Å²) >= 11 is 0. The molecule has 2 aromatic rings. The first kappa shape index (κ1) is 13.1. The van der Waals surface area contributed by atoms with E-state index in [1.807, 2.05) is 0 Å². The first-order valence-electron chi connectivity index (χ1n) is 5.03. The second-order valence-corrected chi connectivity index (χ2v) is 3.38. The third-order valence-electron chi connectivity index (χ3n) is 2.20. The molecule has 0 saturated carbocycles. The molecule has 0 fully saturated rings. The van der Waals surface area contributed by atoms with Crippen molar-refractivity contribution in [2.24, 2.45) is 25.6 Å². The Morgan fingerprint density at radius 1 is 1.24 bits per heavy atom. The Bertz CT molecular complexity index is 606. The highest BCUT2D eigenvalue weighted by molar-refractivity contribution is 5.68. The Morgan fingerprint density at radius 2 is 1.82 bits per heavy atom. The molecule has 0 bridgehead atoms. The molecule has 94 valence electrons. The van der Waals surface area contributed by atoms with E-state index in [4.69, 9.17) is 11.5 Å². The van der Waals surface area contributed by atoms with E-state index in [-0.39, 0.29) is 11.2 Å². The van der Waals surface area contributed by atoms with Gasteiger partial charge in [-0.2, -0.15) is 0 Å². The van der Waals surface area contributed by atoms with Gasteiger partial charge >= 0.3 is 5.69 Å². The molecule has 0 aliphatic rings. The fourth-order valence-corrected chi connectivity index (χ4v) is 1.27. The van der Waals surface area contributed by atoms with Crippen molar-refractivity contribution in [2.45, 2.75) is 0 Å². The summed E-state index contributed by atoms with van der Waals surface area (Å²) in [6.07, 6.45) is 1.39. The molecule has 0 unspecified atom stereocenters. The number of imidazole rings is 1. The number of aromatic amines is 1. The molecule has 0 aliphatic heterocycles. The summed E-state index contributed by atoms with van der Waals surface area (Å²) in [6, 6.07) is 0. The van der Waals surface area contributed by atoms with Gasteiger partial charge in [0.1, 0.15) is 5.52 Å². The summed E-state index contributed by atoms with van der Waals surface area (Å²) in [7, 11) is 3.01. The number of hydrogen-bond donors (Lipinski definition) is 3. The Kier molecular flexibility index (Phi) is 4.18. The summed E-state index contributed by atoms with van der Waals surface area (Å²) < 4.78 is 2.37. The van der Waals surface area contributed by atoms with Crippen LogP contribution in [0.25, 0.3) is 11.2 Å². The van der Waals surface area contributed by atoms with Crippen molar-refractivity contribution < 1.29 is 0 Å². The van der Waals surface area contributed by atoms with Gasteiger partial charge in [-0.15, -0.1) is 0 Å². The first-order valence-corrected chi connectivity index (χ1v) is 5.03. The fourth-order valence-electron chi connectivity index (χ4n) is 1.27. The van der Waals surface area contributed by atoms with Crippen molar-refractivity contribution in [1.29, 1.82) is 0 Å². The largest absolute Gasteiger partial charge is 0.339 e. The maximum absolute atomic E-state index is 11.4. The number of rotatable bonds is 1. The van der Waals surface area contributed by atoms with Crippen LogP contribution in [0.2, 0.25) is 0 Å². The number of hydrogen-bond acceptors (Lipinski definition) is 5. The van der Waals surface area contributed by atoms with Gasteiger partial charge in [0.05, 0.1) is 6.33 Å². The molecule has 2 aromatic heterocycles. The van der Waals surface area contributed by atoms with Crippen molar-refractivity contribution in [3.63, 3.8) is 0 Å². The molecular formula is C9H16N6O2. The lowest BCUT2D eigenvalue weighted by Crippen LogP contribution is -2.36. The van der Waals surface area contributed by atoms with Gasteiger partial charge in [0.15, 0.2) is 5.65 Å². The van der Waals surface area contributed by atoms with Gasteiger partial charge in [-0.05, 0) is 0 Å². The number of nitrogens with two attached hydrogens (primary N) is 2. The van der Waals surface area contributed by atoms with Gasteiger partial charge in [0.2, 0.25) is 0 Å². The summed E-state index contributed by atoms with van der Waals surface area (Å²) in [5.41, 5.74) is 9.82. The number of fused-ring (bicyclic) bond motifs is 1. The normalized spacial score (nSPS) is 10.1. The van der Waals surface area contributed by atoms with Crippen LogP contribution in [0.1, 0.15) is 0 Å². The third kappa shape index (κ3) is 2.43. The minimum atomic E-state index is -0.371. The van der Waals surface area contributed by atoms with Crippen LogP contribution in [0.15, 0.2) is 15.9 Å². The van der Waals surface area contributed by atoms with Crippen LogP contribution in [0.4, 0.5) is 0 Å². The number of aryl methyl sites for hydroxylation is 1. The van der Waals surface area contributed by atoms with Gasteiger partial charge in [0, 0.05) is 27.2 Å². The van der Waals surface area contributed by atoms with Gasteiger partial charge in [-0.25, -0.2) is 9.78 Å². The van der Waals surface area contributed by atoms with E-state index in [0.29, 0.717) is 24.3 Å². The predicted molar refractivity (Wildman–Crippen MR) is 64.7 cm³/mol. The second kappa shape index (κ2) is 5.41. The Balaban J connectivity index is 0.000000317. The van der Waals surface area contributed by atoms with Gasteiger partial charge in [-0.1, -0.05) is 0 Å². The van der Waals surface area contributed by atoms with Crippen molar-refractivity contribution in [3.8, 4) is 0 Å². The fraction of sp³-hybridized carbons (Fsp3) is 0.444. The highest BCUT2D eigenvalue weighted by Gasteiger charge is 2.08. The van der Waals surface area contributed by atoms with E-state index in [9.17, 15) is 9.59 Å². The van der Waals surface area contributed by atoms with Crippen LogP contribution in [0.3, 0.4) is 0 Å². The highest BCUT2D eigenvalue weighted by atomic mass is 16.2. The van der Waals surface area contributed by atoms with Crippen LogP contribution < -0.4 is 22.7 Å². The number of nitrogens with one attached hydrogen (secondary N) is 1. The van der Waals surface area contributed by atoms with Crippen LogP contribution in [0, 0.1) is 0 Å². The molecule has 8 heteroatoms. The standard InChI is InChI=1S/C7H8N4O2.C2H8N2/c1-10-5-4(8-3-9-5)6(12)11(2)7(10)13;3-1-2-4/h3H,1-2H3,(H,8,9);1-4H2. The van der Waals surface area contributed by atoms with E-state index in [2.05, 4.69) is 9.97 Å². The number of H-pyrrole nitrogens is 1. The van der Waals surface area contributed by atoms with E-state index >= 15 is 0 Å². The lowest BCUT2D eigenvalue weighted by atomic mass is 10.5. The number of aromatic nitrogens is 4. The summed E-state index contributed by atoms with van der Waals surface area (Å²) in [5, 5.41) is 0. The molecule has 0 aliphatic carbocycles. The molecule has 0 saturated heterocycles. The molecule has 0 radical (unpaired) electrons. The van der Waals surface area contributed by atoms with Crippen LogP contribution in [-0.2, 0) is 14.1 Å². The van der Waals surface area contributed by atoms with Gasteiger partial charge in [-0.3, -0.25) is 13.9 Å². The van der Waals surface area contributed by atoms with Crippen molar-refractivity contribution in [1.82, 2.24) is 19.1 Å². The van der Waals surface area contributed by atoms with Crippen molar-refractivity contribution in [3.05, 3.63) is 27.2 Å². The molecule has 5 N–H and O–H groups in total. The quantitative estimate of drug-likeness (QED) is 0.525. The smallest absolute Gasteiger partial charge is 0.332 e. The van der Waals surface area contributed by atoms with Crippen molar-refractivity contribution >= 4 is 11.2 Å². The molecule has 2 rings (SSSR count). The van der Waals surface area contributed by atoms with E-state index in [1.165, 1.54) is 17.9 Å². The molecule has 17 heavy (non-hydrogen) atoms. The molecule has 8 nitrogen and oxygen atoms in total. The Hall–Kier alpha value is -1.93. The zero-order valence-electron chi connectivity index (χ0n) is 9.80. The average molecular weight is 240 g/mol. The van der Waals surface area contributed by atoms with E-state index in [0.717, 1.165) is 4.57 Å². The maximum Gasteiger partial charge on any atom is 0.332 e. The lowest BCUT2D eigenvalue weighted by Gasteiger charge is -2.00. The predicted octanol–water partition coefficient (Wildman–Crippen LogP) is -2.14. The van der Waals surface area contributed by atoms with E-state index < -0.39 is 0 Å².